The molecule has 5 nitrogen and oxygen atoms in total. The van der Waals surface area contributed by atoms with E-state index in [4.69, 9.17) is 4.74 Å². The van der Waals surface area contributed by atoms with E-state index in [1.807, 2.05) is 42.7 Å². The third-order valence-electron chi connectivity index (χ3n) is 4.47. The van der Waals surface area contributed by atoms with E-state index in [9.17, 15) is 5.11 Å². The van der Waals surface area contributed by atoms with E-state index in [0.717, 1.165) is 31.5 Å². The second kappa shape index (κ2) is 8.24. The highest BCUT2D eigenvalue weighted by Gasteiger charge is 2.22. The SMILES string of the molecule is OC(COCc1ccccc1)CN1CCC(c2cn[nH]c2)CC1. The summed E-state index contributed by atoms with van der Waals surface area (Å²) in [6, 6.07) is 10.1. The zero-order chi connectivity index (χ0) is 15.9. The van der Waals surface area contributed by atoms with Gasteiger partial charge in [-0.2, -0.15) is 5.10 Å². The third kappa shape index (κ3) is 4.89. The molecule has 1 unspecified atom stereocenters. The molecule has 1 aromatic heterocycles. The van der Waals surface area contributed by atoms with Gasteiger partial charge in [0.1, 0.15) is 0 Å². The van der Waals surface area contributed by atoms with Crippen molar-refractivity contribution in [2.75, 3.05) is 26.2 Å². The maximum absolute atomic E-state index is 10.1. The second-order valence-corrected chi connectivity index (χ2v) is 6.26. The molecule has 124 valence electrons. The van der Waals surface area contributed by atoms with Gasteiger partial charge in [0.2, 0.25) is 0 Å². The number of aliphatic hydroxyl groups is 1. The number of H-pyrrole nitrogens is 1. The Morgan fingerprint density at radius 1 is 1.26 bits per heavy atom. The molecule has 1 aromatic carbocycles. The quantitative estimate of drug-likeness (QED) is 0.822. The lowest BCUT2D eigenvalue weighted by Gasteiger charge is -2.32. The Labute approximate surface area is 137 Å². The maximum atomic E-state index is 10.1. The Balaban J connectivity index is 1.34. The Bertz CT molecular complexity index is 551. The lowest BCUT2D eigenvalue weighted by molar-refractivity contribution is 0.00622. The molecule has 1 saturated heterocycles. The van der Waals surface area contributed by atoms with Crippen LogP contribution in [0.5, 0.6) is 0 Å². The fourth-order valence-corrected chi connectivity index (χ4v) is 3.17. The number of nitrogens with zero attached hydrogens (tertiary/aromatic N) is 2. The molecule has 0 bridgehead atoms. The van der Waals surface area contributed by atoms with Crippen LogP contribution in [0.2, 0.25) is 0 Å². The van der Waals surface area contributed by atoms with Crippen molar-refractivity contribution in [1.82, 2.24) is 15.1 Å². The van der Waals surface area contributed by atoms with Crippen LogP contribution in [0.4, 0.5) is 0 Å². The molecule has 1 atom stereocenters. The number of rotatable bonds is 7. The molecular weight excluding hydrogens is 290 g/mol. The summed E-state index contributed by atoms with van der Waals surface area (Å²) < 4.78 is 5.61. The number of likely N-dealkylation sites (tertiary alicyclic amines) is 1. The first-order valence-corrected chi connectivity index (χ1v) is 8.32. The molecule has 1 aliphatic rings. The van der Waals surface area contributed by atoms with Crippen LogP contribution < -0.4 is 0 Å². The van der Waals surface area contributed by atoms with Crippen LogP contribution in [-0.4, -0.2) is 52.5 Å². The van der Waals surface area contributed by atoms with Gasteiger partial charge in [0.05, 0.1) is 25.5 Å². The van der Waals surface area contributed by atoms with E-state index in [2.05, 4.69) is 15.1 Å². The number of hydrogen-bond acceptors (Lipinski definition) is 4. The summed E-state index contributed by atoms with van der Waals surface area (Å²) >= 11 is 0. The molecule has 23 heavy (non-hydrogen) atoms. The van der Waals surface area contributed by atoms with Crippen molar-refractivity contribution in [3.8, 4) is 0 Å². The van der Waals surface area contributed by atoms with Gasteiger partial charge in [0.25, 0.3) is 0 Å². The van der Waals surface area contributed by atoms with Crippen molar-refractivity contribution in [3.05, 3.63) is 53.9 Å². The molecule has 0 saturated carbocycles. The molecule has 0 spiro atoms. The summed E-state index contributed by atoms with van der Waals surface area (Å²) in [4.78, 5) is 2.33. The van der Waals surface area contributed by atoms with Gasteiger partial charge in [-0.15, -0.1) is 0 Å². The van der Waals surface area contributed by atoms with Crippen LogP contribution in [0.15, 0.2) is 42.7 Å². The number of aromatic nitrogens is 2. The monoisotopic (exact) mass is 315 g/mol. The number of piperidine rings is 1. The molecule has 5 heteroatoms. The van der Waals surface area contributed by atoms with Gasteiger partial charge in [-0.3, -0.25) is 5.10 Å². The molecule has 3 rings (SSSR count). The number of aromatic amines is 1. The van der Waals surface area contributed by atoms with E-state index in [1.54, 1.807) is 0 Å². The van der Waals surface area contributed by atoms with Crippen molar-refractivity contribution in [2.45, 2.75) is 31.5 Å². The Morgan fingerprint density at radius 2 is 2.04 bits per heavy atom. The molecule has 0 aliphatic carbocycles. The zero-order valence-electron chi connectivity index (χ0n) is 13.4. The van der Waals surface area contributed by atoms with Gasteiger partial charge in [-0.25, -0.2) is 0 Å². The number of nitrogens with one attached hydrogen (secondary N) is 1. The van der Waals surface area contributed by atoms with Crippen LogP contribution >= 0.6 is 0 Å². The van der Waals surface area contributed by atoms with Gasteiger partial charge >= 0.3 is 0 Å². The predicted octanol–water partition coefficient (Wildman–Crippen LogP) is 2.17. The molecule has 1 aliphatic heterocycles. The maximum Gasteiger partial charge on any atom is 0.0900 e. The normalized spacial score (nSPS) is 18.1. The van der Waals surface area contributed by atoms with Crippen molar-refractivity contribution < 1.29 is 9.84 Å². The summed E-state index contributed by atoms with van der Waals surface area (Å²) in [6.07, 6.45) is 5.73. The Hall–Kier alpha value is -1.69. The number of hydrogen-bond donors (Lipinski definition) is 2. The molecule has 2 heterocycles. The molecule has 1 fully saturated rings. The van der Waals surface area contributed by atoms with E-state index < -0.39 is 6.10 Å². The Morgan fingerprint density at radius 3 is 2.74 bits per heavy atom. The van der Waals surface area contributed by atoms with E-state index in [1.165, 1.54) is 5.56 Å². The first kappa shape index (κ1) is 16.2. The Kier molecular flexibility index (Phi) is 5.80. The van der Waals surface area contributed by atoms with Gasteiger partial charge in [0.15, 0.2) is 0 Å². The van der Waals surface area contributed by atoms with E-state index >= 15 is 0 Å². The first-order chi connectivity index (χ1) is 11.3. The fourth-order valence-electron chi connectivity index (χ4n) is 3.17. The van der Waals surface area contributed by atoms with E-state index in [0.29, 0.717) is 25.7 Å². The average Bonchev–Trinajstić information content (AvgIpc) is 3.11. The van der Waals surface area contributed by atoms with Crippen molar-refractivity contribution in [3.63, 3.8) is 0 Å². The van der Waals surface area contributed by atoms with Crippen LogP contribution in [-0.2, 0) is 11.3 Å². The van der Waals surface area contributed by atoms with Crippen molar-refractivity contribution in [1.29, 1.82) is 0 Å². The van der Waals surface area contributed by atoms with Crippen molar-refractivity contribution >= 4 is 0 Å². The highest BCUT2D eigenvalue weighted by atomic mass is 16.5. The predicted molar refractivity (Wildman–Crippen MR) is 89.1 cm³/mol. The number of aliphatic hydroxyl groups excluding tert-OH is 1. The number of β-amino-alcohol motifs (C(OH)–C–C–N with tert-alkyl or cyclic N) is 1. The minimum Gasteiger partial charge on any atom is -0.389 e. The lowest BCUT2D eigenvalue weighted by Crippen LogP contribution is -2.39. The topological polar surface area (TPSA) is 61.4 Å². The smallest absolute Gasteiger partial charge is 0.0900 e. The van der Waals surface area contributed by atoms with Crippen LogP contribution in [0, 0.1) is 0 Å². The number of benzene rings is 1. The first-order valence-electron chi connectivity index (χ1n) is 8.32. The highest BCUT2D eigenvalue weighted by molar-refractivity contribution is 5.13. The summed E-state index contributed by atoms with van der Waals surface area (Å²) in [6.45, 7) is 3.67. The van der Waals surface area contributed by atoms with Gasteiger partial charge < -0.3 is 14.7 Å². The van der Waals surface area contributed by atoms with Crippen LogP contribution in [0.25, 0.3) is 0 Å². The molecule has 0 radical (unpaired) electrons. The molecule has 2 N–H and O–H groups in total. The fraction of sp³-hybridized carbons (Fsp3) is 0.500. The van der Waals surface area contributed by atoms with Crippen LogP contribution in [0.1, 0.15) is 29.9 Å². The van der Waals surface area contributed by atoms with Crippen molar-refractivity contribution in [2.24, 2.45) is 0 Å². The van der Waals surface area contributed by atoms with Gasteiger partial charge in [-0.05, 0) is 43.0 Å². The standard InChI is InChI=1S/C18H25N3O2/c22-18(14-23-13-15-4-2-1-3-5-15)12-21-8-6-16(7-9-21)17-10-19-20-11-17/h1-5,10-11,16,18,22H,6-9,12-14H2,(H,19,20). The summed E-state index contributed by atoms with van der Waals surface area (Å²) in [5.41, 5.74) is 2.44. The molecule has 0 amide bonds. The third-order valence-corrected chi connectivity index (χ3v) is 4.47. The van der Waals surface area contributed by atoms with Crippen LogP contribution in [0.3, 0.4) is 0 Å². The average molecular weight is 315 g/mol. The zero-order valence-corrected chi connectivity index (χ0v) is 13.4. The summed E-state index contributed by atoms with van der Waals surface area (Å²) in [5, 5.41) is 17.1. The van der Waals surface area contributed by atoms with E-state index in [-0.39, 0.29) is 0 Å². The largest absolute Gasteiger partial charge is 0.389 e. The van der Waals surface area contributed by atoms with Gasteiger partial charge in [-0.1, -0.05) is 30.3 Å². The minimum atomic E-state index is -0.427. The lowest BCUT2D eigenvalue weighted by atomic mass is 9.91. The summed E-state index contributed by atoms with van der Waals surface area (Å²) in [7, 11) is 0. The minimum absolute atomic E-state index is 0.385. The molecule has 2 aromatic rings. The summed E-state index contributed by atoms with van der Waals surface area (Å²) in [5.74, 6) is 0.594. The molecular formula is C18H25N3O2. The number of ether oxygens (including phenoxy) is 1. The second-order valence-electron chi connectivity index (χ2n) is 6.26. The van der Waals surface area contributed by atoms with Gasteiger partial charge in [0, 0.05) is 12.7 Å². The highest BCUT2D eigenvalue weighted by Crippen LogP contribution is 2.27.